The number of carbonyl (C=O) groups is 2. The Hall–Kier alpha value is -2.09. The minimum absolute atomic E-state index is 0.112. The molecule has 0 N–H and O–H groups in total. The van der Waals surface area contributed by atoms with Crippen molar-refractivity contribution >= 4 is 33.3 Å². The van der Waals surface area contributed by atoms with Gasteiger partial charge in [-0.2, -0.15) is 0 Å². The predicted molar refractivity (Wildman–Crippen MR) is 69.0 cm³/mol. The van der Waals surface area contributed by atoms with Crippen LogP contribution in [0.4, 0.5) is 10.1 Å². The standard InChI is InChI=1S/C12H9N3O4S/c16-10-8-5-1-2-6(3-5)9(8)11(17)14(10)12-13-4-7(20-12)15(18)19/h1-2,4-6,8-9H,3H2/t5-,6+,8-,9+. The molecule has 102 valence electrons. The van der Waals surface area contributed by atoms with Crippen LogP contribution < -0.4 is 4.90 Å². The molecule has 1 saturated carbocycles. The van der Waals surface area contributed by atoms with Gasteiger partial charge in [0.25, 0.3) is 0 Å². The predicted octanol–water partition coefficient (Wildman–Crippen LogP) is 1.36. The Morgan fingerprint density at radius 2 is 1.85 bits per heavy atom. The molecule has 4 atom stereocenters. The summed E-state index contributed by atoms with van der Waals surface area (Å²) in [6.45, 7) is 0. The molecule has 0 unspecified atom stereocenters. The van der Waals surface area contributed by atoms with Gasteiger partial charge in [-0.15, -0.1) is 0 Å². The molecule has 4 rings (SSSR count). The van der Waals surface area contributed by atoms with Gasteiger partial charge >= 0.3 is 5.00 Å². The lowest BCUT2D eigenvalue weighted by atomic mass is 9.85. The molecule has 3 aliphatic rings. The Bertz CT molecular complexity index is 652. The van der Waals surface area contributed by atoms with Crippen LogP contribution in [0.3, 0.4) is 0 Å². The maximum Gasteiger partial charge on any atom is 0.345 e. The summed E-state index contributed by atoms with van der Waals surface area (Å²) >= 11 is 0.761. The number of rotatable bonds is 2. The topological polar surface area (TPSA) is 93.4 Å². The maximum atomic E-state index is 12.4. The van der Waals surface area contributed by atoms with E-state index in [4.69, 9.17) is 0 Å². The van der Waals surface area contributed by atoms with Crippen molar-refractivity contribution in [2.75, 3.05) is 4.90 Å². The molecule has 2 aliphatic carbocycles. The van der Waals surface area contributed by atoms with Crippen LogP contribution in [0.15, 0.2) is 18.3 Å². The summed E-state index contributed by atoms with van der Waals surface area (Å²) in [5, 5.41) is 10.6. The number of nitrogens with zero attached hydrogens (tertiary/aromatic N) is 3. The quantitative estimate of drug-likeness (QED) is 0.355. The first kappa shape index (κ1) is 11.7. The molecule has 2 heterocycles. The van der Waals surface area contributed by atoms with E-state index in [1.54, 1.807) is 0 Å². The molecule has 1 aliphatic heterocycles. The Labute approximate surface area is 117 Å². The lowest BCUT2D eigenvalue weighted by Gasteiger charge is -2.14. The molecule has 0 aromatic carbocycles. The van der Waals surface area contributed by atoms with Crippen LogP contribution in [0.25, 0.3) is 0 Å². The third-order valence-electron chi connectivity index (χ3n) is 4.32. The first-order chi connectivity index (χ1) is 9.58. The van der Waals surface area contributed by atoms with E-state index in [1.165, 1.54) is 0 Å². The SMILES string of the molecule is O=C1[C@@H]2[C@H](C(=O)N1c1ncc([N+](=O)[O-])s1)[C@@H]1C=C[C@H]2C1. The number of amides is 2. The summed E-state index contributed by atoms with van der Waals surface area (Å²) < 4.78 is 0. The highest BCUT2D eigenvalue weighted by Crippen LogP contribution is 2.53. The van der Waals surface area contributed by atoms with Crippen LogP contribution in [0.1, 0.15) is 6.42 Å². The highest BCUT2D eigenvalue weighted by molar-refractivity contribution is 7.19. The number of fused-ring (bicyclic) bond motifs is 5. The average molecular weight is 291 g/mol. The van der Waals surface area contributed by atoms with Gasteiger partial charge in [0.2, 0.25) is 16.9 Å². The number of allylic oxidation sites excluding steroid dienone is 2. The summed E-state index contributed by atoms with van der Waals surface area (Å²) in [6.07, 6.45) is 5.95. The second-order valence-electron chi connectivity index (χ2n) is 5.25. The molecular weight excluding hydrogens is 282 g/mol. The van der Waals surface area contributed by atoms with Crippen molar-refractivity contribution in [2.45, 2.75) is 6.42 Å². The van der Waals surface area contributed by atoms with Crippen molar-refractivity contribution in [2.24, 2.45) is 23.7 Å². The third-order valence-corrected chi connectivity index (χ3v) is 5.26. The molecule has 1 aromatic rings. The fourth-order valence-corrected chi connectivity index (χ4v) is 4.28. The smallest absolute Gasteiger partial charge is 0.274 e. The van der Waals surface area contributed by atoms with E-state index < -0.39 is 4.92 Å². The Morgan fingerprint density at radius 1 is 1.25 bits per heavy atom. The number of hydrogen-bond donors (Lipinski definition) is 0. The lowest BCUT2D eigenvalue weighted by Crippen LogP contribution is -2.32. The molecule has 1 aromatic heterocycles. The van der Waals surface area contributed by atoms with Gasteiger partial charge in [0, 0.05) is 0 Å². The number of anilines is 1. The first-order valence-corrected chi connectivity index (χ1v) is 7.06. The van der Waals surface area contributed by atoms with Gasteiger partial charge in [0.1, 0.15) is 6.20 Å². The Kier molecular flexibility index (Phi) is 2.18. The van der Waals surface area contributed by atoms with E-state index in [0.29, 0.717) is 0 Å². The minimum Gasteiger partial charge on any atom is -0.274 e. The summed E-state index contributed by atoms with van der Waals surface area (Å²) in [4.78, 5) is 39.9. The van der Waals surface area contributed by atoms with E-state index in [1.807, 2.05) is 12.2 Å². The normalized spacial score (nSPS) is 34.1. The fourth-order valence-electron chi connectivity index (χ4n) is 3.54. The molecule has 7 nitrogen and oxygen atoms in total. The van der Waals surface area contributed by atoms with Crippen molar-refractivity contribution in [1.82, 2.24) is 4.98 Å². The largest absolute Gasteiger partial charge is 0.345 e. The van der Waals surface area contributed by atoms with Crippen LogP contribution in [-0.4, -0.2) is 21.7 Å². The summed E-state index contributed by atoms with van der Waals surface area (Å²) in [6, 6.07) is 0. The van der Waals surface area contributed by atoms with Crippen molar-refractivity contribution in [3.05, 3.63) is 28.5 Å². The molecule has 2 bridgehead atoms. The van der Waals surface area contributed by atoms with Crippen LogP contribution in [0.2, 0.25) is 0 Å². The number of aromatic nitrogens is 1. The van der Waals surface area contributed by atoms with Gasteiger partial charge in [-0.25, -0.2) is 9.88 Å². The molecule has 2 fully saturated rings. The fraction of sp³-hybridized carbons (Fsp3) is 0.417. The molecule has 2 amide bonds. The zero-order chi connectivity index (χ0) is 14.0. The molecule has 0 radical (unpaired) electrons. The first-order valence-electron chi connectivity index (χ1n) is 6.24. The number of carbonyl (C=O) groups excluding carboxylic acids is 2. The van der Waals surface area contributed by atoms with Crippen LogP contribution in [-0.2, 0) is 9.59 Å². The third kappa shape index (κ3) is 1.31. The summed E-state index contributed by atoms with van der Waals surface area (Å²) in [5.41, 5.74) is 0. The summed E-state index contributed by atoms with van der Waals surface area (Å²) in [7, 11) is 0. The van der Waals surface area contributed by atoms with E-state index in [0.717, 1.165) is 28.9 Å². The van der Waals surface area contributed by atoms with E-state index >= 15 is 0 Å². The van der Waals surface area contributed by atoms with Gasteiger partial charge in [-0.3, -0.25) is 19.7 Å². The van der Waals surface area contributed by atoms with Gasteiger partial charge in [0.15, 0.2) is 0 Å². The Morgan fingerprint density at radius 3 is 2.35 bits per heavy atom. The van der Waals surface area contributed by atoms with E-state index in [2.05, 4.69) is 4.98 Å². The second kappa shape index (κ2) is 3.72. The highest BCUT2D eigenvalue weighted by Gasteiger charge is 2.60. The van der Waals surface area contributed by atoms with Crippen molar-refractivity contribution in [1.29, 1.82) is 0 Å². The van der Waals surface area contributed by atoms with Crippen LogP contribution in [0.5, 0.6) is 0 Å². The van der Waals surface area contributed by atoms with Gasteiger partial charge in [-0.1, -0.05) is 12.2 Å². The molecular formula is C12H9N3O4S. The van der Waals surface area contributed by atoms with E-state index in [9.17, 15) is 19.7 Å². The van der Waals surface area contributed by atoms with Crippen molar-refractivity contribution in [3.8, 4) is 0 Å². The van der Waals surface area contributed by atoms with Gasteiger partial charge in [-0.05, 0) is 29.6 Å². The number of nitro groups is 1. The summed E-state index contributed by atoms with van der Waals surface area (Å²) in [5.74, 6) is -0.883. The molecule has 1 saturated heterocycles. The van der Waals surface area contributed by atoms with Crippen molar-refractivity contribution in [3.63, 3.8) is 0 Å². The zero-order valence-electron chi connectivity index (χ0n) is 10.1. The van der Waals surface area contributed by atoms with Gasteiger partial charge in [0.05, 0.1) is 16.8 Å². The molecule has 0 spiro atoms. The second-order valence-corrected chi connectivity index (χ2v) is 6.24. The number of hydrogen-bond acceptors (Lipinski definition) is 6. The monoisotopic (exact) mass is 291 g/mol. The minimum atomic E-state index is -0.571. The highest BCUT2D eigenvalue weighted by atomic mass is 32.1. The van der Waals surface area contributed by atoms with Gasteiger partial charge < -0.3 is 0 Å². The lowest BCUT2D eigenvalue weighted by molar-refractivity contribution is -0.380. The number of thiazole rings is 1. The maximum absolute atomic E-state index is 12.4. The van der Waals surface area contributed by atoms with Crippen LogP contribution in [0, 0.1) is 33.8 Å². The molecule has 8 heteroatoms. The van der Waals surface area contributed by atoms with Crippen molar-refractivity contribution < 1.29 is 14.5 Å². The number of imide groups is 1. The van der Waals surface area contributed by atoms with E-state index in [-0.39, 0.29) is 45.6 Å². The van der Waals surface area contributed by atoms with Crippen LogP contribution >= 0.6 is 11.3 Å². The Balaban J connectivity index is 1.72. The zero-order valence-corrected chi connectivity index (χ0v) is 10.9. The average Bonchev–Trinajstić information content (AvgIpc) is 3.13. The molecule has 20 heavy (non-hydrogen) atoms.